The molecular weight excluding hydrogens is 228 g/mol. The lowest BCUT2D eigenvalue weighted by molar-refractivity contribution is -0.131. The Hall–Kier alpha value is -0.610. The van der Waals surface area contributed by atoms with E-state index in [0.717, 1.165) is 45.3 Å². The lowest BCUT2D eigenvalue weighted by Crippen LogP contribution is -2.43. The van der Waals surface area contributed by atoms with Crippen molar-refractivity contribution in [2.24, 2.45) is 5.41 Å². The molecule has 0 aromatic heterocycles. The number of hydrogen-bond donors (Lipinski definition) is 2. The minimum Gasteiger partial charge on any atom is -0.396 e. The highest BCUT2D eigenvalue weighted by molar-refractivity contribution is 5.78. The van der Waals surface area contributed by atoms with Crippen LogP contribution in [-0.2, 0) is 4.79 Å². The molecule has 1 heterocycles. The molecule has 1 amide bonds. The van der Waals surface area contributed by atoms with E-state index in [1.165, 1.54) is 6.42 Å². The smallest absolute Gasteiger partial charge is 0.236 e. The maximum Gasteiger partial charge on any atom is 0.236 e. The van der Waals surface area contributed by atoms with Crippen molar-refractivity contribution >= 4 is 5.91 Å². The van der Waals surface area contributed by atoms with Gasteiger partial charge in [0.25, 0.3) is 0 Å². The summed E-state index contributed by atoms with van der Waals surface area (Å²) in [5.74, 6) is 0.229. The number of aliphatic hydroxyl groups is 1. The van der Waals surface area contributed by atoms with Crippen LogP contribution in [0.1, 0.15) is 46.0 Å². The molecule has 2 N–H and O–H groups in total. The fraction of sp³-hybridized carbons (Fsp3) is 0.929. The van der Waals surface area contributed by atoms with Crippen molar-refractivity contribution in [2.75, 3.05) is 32.8 Å². The number of aliphatic hydroxyl groups excluding tert-OH is 1. The van der Waals surface area contributed by atoms with Gasteiger partial charge in [0, 0.05) is 26.2 Å². The second-order valence-corrected chi connectivity index (χ2v) is 6.04. The first-order valence-corrected chi connectivity index (χ1v) is 7.14. The van der Waals surface area contributed by atoms with Gasteiger partial charge in [-0.15, -0.1) is 0 Å². The fourth-order valence-electron chi connectivity index (χ4n) is 2.41. The molecule has 0 aliphatic carbocycles. The third-order valence-corrected chi connectivity index (χ3v) is 3.60. The molecule has 4 nitrogen and oxygen atoms in total. The molecule has 106 valence electrons. The third-order valence-electron chi connectivity index (χ3n) is 3.60. The lowest BCUT2D eigenvalue weighted by atomic mass is 9.88. The van der Waals surface area contributed by atoms with E-state index < -0.39 is 0 Å². The molecule has 0 unspecified atom stereocenters. The molecule has 4 heteroatoms. The minimum atomic E-state index is 0.144. The van der Waals surface area contributed by atoms with E-state index in [4.69, 9.17) is 5.11 Å². The predicted molar refractivity (Wildman–Crippen MR) is 73.4 cm³/mol. The molecule has 18 heavy (non-hydrogen) atoms. The van der Waals surface area contributed by atoms with Crippen molar-refractivity contribution < 1.29 is 9.90 Å². The Bertz CT molecular complexity index is 248. The van der Waals surface area contributed by atoms with Crippen LogP contribution in [0, 0.1) is 5.41 Å². The van der Waals surface area contributed by atoms with Crippen molar-refractivity contribution in [3.63, 3.8) is 0 Å². The Labute approximate surface area is 111 Å². The lowest BCUT2D eigenvalue weighted by Gasteiger charge is -2.28. The highest BCUT2D eigenvalue weighted by atomic mass is 16.2. The zero-order valence-electron chi connectivity index (χ0n) is 11.9. The van der Waals surface area contributed by atoms with E-state index in [1.54, 1.807) is 0 Å². The predicted octanol–water partition coefficient (Wildman–Crippen LogP) is 1.39. The number of rotatable bonds is 7. The summed E-state index contributed by atoms with van der Waals surface area (Å²) < 4.78 is 0. The second kappa shape index (κ2) is 7.74. The summed E-state index contributed by atoms with van der Waals surface area (Å²) in [6, 6.07) is 0. The van der Waals surface area contributed by atoms with Gasteiger partial charge in [0.2, 0.25) is 5.91 Å². The van der Waals surface area contributed by atoms with Gasteiger partial charge in [-0.25, -0.2) is 0 Å². The summed E-state index contributed by atoms with van der Waals surface area (Å²) in [6.45, 7) is 7.70. The maximum absolute atomic E-state index is 11.9. The van der Waals surface area contributed by atoms with Crippen LogP contribution >= 0.6 is 0 Å². The summed E-state index contributed by atoms with van der Waals surface area (Å²) in [4.78, 5) is 13.9. The molecule has 1 saturated heterocycles. The second-order valence-electron chi connectivity index (χ2n) is 6.04. The average molecular weight is 256 g/mol. The van der Waals surface area contributed by atoms with E-state index in [1.807, 2.05) is 4.90 Å². The Morgan fingerprint density at radius 2 is 1.94 bits per heavy atom. The Kier molecular flexibility index (Phi) is 6.65. The van der Waals surface area contributed by atoms with Gasteiger partial charge >= 0.3 is 0 Å². The normalized spacial score (nSPS) is 16.9. The van der Waals surface area contributed by atoms with Gasteiger partial charge in [-0.3, -0.25) is 4.79 Å². The molecule has 1 fully saturated rings. The number of amides is 1. The number of carbonyl (C=O) groups excluding carboxylic acids is 1. The summed E-state index contributed by atoms with van der Waals surface area (Å²) >= 11 is 0. The first kappa shape index (κ1) is 15.4. The molecule has 1 aliphatic rings. The van der Waals surface area contributed by atoms with Gasteiger partial charge < -0.3 is 15.3 Å². The topological polar surface area (TPSA) is 52.6 Å². The number of likely N-dealkylation sites (tertiary alicyclic amines) is 1. The van der Waals surface area contributed by atoms with Gasteiger partial charge in [0.1, 0.15) is 0 Å². The summed E-state index contributed by atoms with van der Waals surface area (Å²) in [6.07, 6.45) is 5.36. The summed E-state index contributed by atoms with van der Waals surface area (Å²) in [7, 11) is 0. The van der Waals surface area contributed by atoms with Crippen molar-refractivity contribution in [1.29, 1.82) is 0 Å². The fourth-order valence-corrected chi connectivity index (χ4v) is 2.41. The van der Waals surface area contributed by atoms with Crippen LogP contribution in [0.2, 0.25) is 0 Å². The molecule has 0 atom stereocenters. The minimum absolute atomic E-state index is 0.144. The van der Waals surface area contributed by atoms with Crippen molar-refractivity contribution in [1.82, 2.24) is 10.2 Å². The number of nitrogens with zero attached hydrogens (tertiary/aromatic N) is 1. The van der Waals surface area contributed by atoms with Gasteiger partial charge in [0.15, 0.2) is 0 Å². The molecule has 0 aromatic rings. The van der Waals surface area contributed by atoms with Gasteiger partial charge in [-0.2, -0.15) is 0 Å². The maximum atomic E-state index is 11.9. The van der Waals surface area contributed by atoms with E-state index in [0.29, 0.717) is 6.54 Å². The zero-order valence-corrected chi connectivity index (χ0v) is 11.9. The Balaban J connectivity index is 2.17. The zero-order chi connectivity index (χ0) is 13.4. The molecule has 0 bridgehead atoms. The average Bonchev–Trinajstić information content (AvgIpc) is 2.37. The number of piperidine rings is 1. The number of hydrogen-bond acceptors (Lipinski definition) is 3. The first-order chi connectivity index (χ1) is 8.55. The highest BCUT2D eigenvalue weighted by Crippen LogP contribution is 2.20. The largest absolute Gasteiger partial charge is 0.396 e. The quantitative estimate of drug-likeness (QED) is 0.724. The molecule has 0 aromatic carbocycles. The van der Waals surface area contributed by atoms with Gasteiger partial charge in [-0.1, -0.05) is 13.8 Å². The van der Waals surface area contributed by atoms with Gasteiger partial charge in [-0.05, 0) is 37.5 Å². The number of nitrogens with one attached hydrogen (secondary N) is 1. The Morgan fingerprint density at radius 3 is 2.56 bits per heavy atom. The molecule has 0 spiro atoms. The van der Waals surface area contributed by atoms with Crippen molar-refractivity contribution in [3.05, 3.63) is 0 Å². The van der Waals surface area contributed by atoms with E-state index in [2.05, 4.69) is 19.2 Å². The third kappa shape index (κ3) is 5.83. The summed E-state index contributed by atoms with van der Waals surface area (Å²) in [5.41, 5.74) is 0.144. The van der Waals surface area contributed by atoms with E-state index in [9.17, 15) is 4.79 Å². The van der Waals surface area contributed by atoms with Crippen LogP contribution in [0.25, 0.3) is 0 Å². The molecule has 0 saturated carbocycles. The first-order valence-electron chi connectivity index (χ1n) is 7.14. The highest BCUT2D eigenvalue weighted by Gasteiger charge is 2.19. The van der Waals surface area contributed by atoms with Crippen LogP contribution in [-0.4, -0.2) is 48.7 Å². The molecule has 1 rings (SSSR count). The van der Waals surface area contributed by atoms with Crippen LogP contribution in [0.3, 0.4) is 0 Å². The van der Waals surface area contributed by atoms with Crippen LogP contribution in [0.15, 0.2) is 0 Å². The summed E-state index contributed by atoms with van der Waals surface area (Å²) in [5, 5.41) is 12.1. The van der Waals surface area contributed by atoms with Crippen molar-refractivity contribution in [3.8, 4) is 0 Å². The Morgan fingerprint density at radius 1 is 1.28 bits per heavy atom. The van der Waals surface area contributed by atoms with E-state index >= 15 is 0 Å². The van der Waals surface area contributed by atoms with Crippen LogP contribution < -0.4 is 5.32 Å². The van der Waals surface area contributed by atoms with Crippen molar-refractivity contribution in [2.45, 2.75) is 46.0 Å². The molecule has 0 radical (unpaired) electrons. The van der Waals surface area contributed by atoms with Gasteiger partial charge in [0.05, 0.1) is 6.54 Å². The van der Waals surface area contributed by atoms with Crippen LogP contribution in [0.4, 0.5) is 0 Å². The number of carbonyl (C=O) groups is 1. The SMILES string of the molecule is CC(C)(CCCO)CNCC(=O)N1CCCCC1. The molecular formula is C14H28N2O2. The van der Waals surface area contributed by atoms with Crippen LogP contribution in [0.5, 0.6) is 0 Å². The van der Waals surface area contributed by atoms with E-state index in [-0.39, 0.29) is 17.9 Å². The molecule has 1 aliphatic heterocycles. The monoisotopic (exact) mass is 256 g/mol. The standard InChI is InChI=1S/C14H28N2O2/c1-14(2,7-6-10-17)12-15-11-13(18)16-8-4-3-5-9-16/h15,17H,3-12H2,1-2H3.